The van der Waals surface area contributed by atoms with Gasteiger partial charge in [0.05, 0.1) is 20.8 Å². The largest absolute Gasteiger partial charge is 0.493 e. The highest BCUT2D eigenvalue weighted by Gasteiger charge is 2.15. The number of nitrogens with one attached hydrogen (secondary N) is 1. The van der Waals surface area contributed by atoms with Gasteiger partial charge >= 0.3 is 0 Å². The monoisotopic (exact) mass is 356 g/mol. The maximum atomic E-state index is 12.4. The maximum absolute atomic E-state index is 12.4. The number of ether oxygens (including phenoxy) is 2. The lowest BCUT2D eigenvalue weighted by atomic mass is 10.2. The van der Waals surface area contributed by atoms with Gasteiger partial charge in [0.2, 0.25) is 5.91 Å². The predicted molar refractivity (Wildman–Crippen MR) is 99.4 cm³/mol. The summed E-state index contributed by atoms with van der Waals surface area (Å²) in [6.07, 6.45) is 0. The molecule has 0 spiro atoms. The molecule has 6 nitrogen and oxygen atoms in total. The first kappa shape index (κ1) is 19.3. The summed E-state index contributed by atoms with van der Waals surface area (Å²) in [6, 6.07) is 14.4. The molecule has 2 rings (SSSR count). The topological polar surface area (TPSA) is 67.9 Å². The molecule has 0 saturated carbocycles. The van der Waals surface area contributed by atoms with E-state index in [-0.39, 0.29) is 18.4 Å². The molecule has 26 heavy (non-hydrogen) atoms. The SMILES string of the molecule is CCN(Cc1ccc(OC)c(OC)c1)C(=O)CNC(=O)c1ccccc1. The summed E-state index contributed by atoms with van der Waals surface area (Å²) >= 11 is 0. The Balaban J connectivity index is 1.97. The standard InChI is InChI=1S/C20H24N2O4/c1-4-22(14-15-10-11-17(25-2)18(12-15)26-3)19(23)13-21-20(24)16-8-6-5-7-9-16/h5-12H,4,13-14H2,1-3H3,(H,21,24). The zero-order chi connectivity index (χ0) is 18.9. The van der Waals surface area contributed by atoms with Gasteiger partial charge in [0.1, 0.15) is 0 Å². The van der Waals surface area contributed by atoms with Gasteiger partial charge in [-0.05, 0) is 36.8 Å². The van der Waals surface area contributed by atoms with Crippen LogP contribution in [0.2, 0.25) is 0 Å². The lowest BCUT2D eigenvalue weighted by Crippen LogP contribution is -2.39. The minimum absolute atomic E-state index is 0.0468. The van der Waals surface area contributed by atoms with E-state index < -0.39 is 0 Å². The van der Waals surface area contributed by atoms with E-state index in [1.165, 1.54) is 0 Å². The summed E-state index contributed by atoms with van der Waals surface area (Å²) in [4.78, 5) is 26.2. The van der Waals surface area contributed by atoms with Crippen molar-refractivity contribution in [3.05, 3.63) is 59.7 Å². The van der Waals surface area contributed by atoms with Crippen molar-refractivity contribution in [3.63, 3.8) is 0 Å². The number of benzene rings is 2. The number of carbonyl (C=O) groups excluding carboxylic acids is 2. The van der Waals surface area contributed by atoms with E-state index in [4.69, 9.17) is 9.47 Å². The predicted octanol–water partition coefficient (Wildman–Crippen LogP) is 2.48. The first-order valence-corrected chi connectivity index (χ1v) is 8.41. The molecule has 6 heteroatoms. The Morgan fingerprint density at radius 3 is 2.31 bits per heavy atom. The summed E-state index contributed by atoms with van der Waals surface area (Å²) in [6.45, 7) is 2.82. The van der Waals surface area contributed by atoms with Crippen LogP contribution in [0.15, 0.2) is 48.5 Å². The Morgan fingerprint density at radius 1 is 1.00 bits per heavy atom. The average Bonchev–Trinajstić information content (AvgIpc) is 2.70. The number of hydrogen-bond acceptors (Lipinski definition) is 4. The van der Waals surface area contributed by atoms with Gasteiger partial charge in [-0.1, -0.05) is 24.3 Å². The Bertz CT molecular complexity index is 747. The smallest absolute Gasteiger partial charge is 0.251 e. The number of methoxy groups -OCH3 is 2. The van der Waals surface area contributed by atoms with Gasteiger partial charge in [0, 0.05) is 18.7 Å². The van der Waals surface area contributed by atoms with Gasteiger partial charge in [0.25, 0.3) is 5.91 Å². The highest BCUT2D eigenvalue weighted by Crippen LogP contribution is 2.28. The van der Waals surface area contributed by atoms with Crippen LogP contribution in [0.25, 0.3) is 0 Å². The number of amides is 2. The minimum Gasteiger partial charge on any atom is -0.493 e. The molecule has 0 fully saturated rings. The van der Waals surface area contributed by atoms with E-state index in [2.05, 4.69) is 5.32 Å². The Morgan fingerprint density at radius 2 is 1.69 bits per heavy atom. The second kappa shape index (κ2) is 9.46. The van der Waals surface area contributed by atoms with E-state index in [1.54, 1.807) is 43.4 Å². The fraction of sp³-hybridized carbons (Fsp3) is 0.300. The third kappa shape index (κ3) is 4.99. The highest BCUT2D eigenvalue weighted by molar-refractivity contribution is 5.96. The molecule has 0 heterocycles. The van der Waals surface area contributed by atoms with Gasteiger partial charge in [-0.3, -0.25) is 9.59 Å². The number of likely N-dealkylation sites (N-methyl/N-ethyl adjacent to an activating group) is 1. The molecule has 0 aliphatic rings. The second-order valence-electron chi connectivity index (χ2n) is 5.65. The number of hydrogen-bond donors (Lipinski definition) is 1. The molecule has 0 bridgehead atoms. The zero-order valence-corrected chi connectivity index (χ0v) is 15.3. The molecule has 2 aromatic carbocycles. The fourth-order valence-corrected chi connectivity index (χ4v) is 2.53. The van der Waals surface area contributed by atoms with Crippen LogP contribution >= 0.6 is 0 Å². The van der Waals surface area contributed by atoms with Crippen molar-refractivity contribution in [1.29, 1.82) is 0 Å². The Labute approximate surface area is 153 Å². The summed E-state index contributed by atoms with van der Waals surface area (Å²) in [5.41, 5.74) is 1.45. The molecule has 1 N–H and O–H groups in total. The van der Waals surface area contributed by atoms with E-state index in [0.29, 0.717) is 30.2 Å². The maximum Gasteiger partial charge on any atom is 0.251 e. The van der Waals surface area contributed by atoms with Crippen molar-refractivity contribution < 1.29 is 19.1 Å². The van der Waals surface area contributed by atoms with Crippen LogP contribution < -0.4 is 14.8 Å². The van der Waals surface area contributed by atoms with Crippen LogP contribution in [0, 0.1) is 0 Å². The van der Waals surface area contributed by atoms with Crippen LogP contribution in [0.4, 0.5) is 0 Å². The molecule has 0 aliphatic carbocycles. The highest BCUT2D eigenvalue weighted by atomic mass is 16.5. The molecule has 0 aliphatic heterocycles. The van der Waals surface area contributed by atoms with Gasteiger partial charge in [-0.25, -0.2) is 0 Å². The third-order valence-corrected chi connectivity index (χ3v) is 3.99. The number of carbonyl (C=O) groups is 2. The first-order valence-electron chi connectivity index (χ1n) is 8.41. The molecule has 2 aromatic rings. The van der Waals surface area contributed by atoms with Crippen molar-refractivity contribution in [2.24, 2.45) is 0 Å². The molecular formula is C20H24N2O4. The van der Waals surface area contributed by atoms with Crippen molar-refractivity contribution in [3.8, 4) is 11.5 Å². The second-order valence-corrected chi connectivity index (χ2v) is 5.65. The molecule has 0 saturated heterocycles. The summed E-state index contributed by atoms with van der Waals surface area (Å²) in [5.74, 6) is 0.847. The lowest BCUT2D eigenvalue weighted by Gasteiger charge is -2.22. The van der Waals surface area contributed by atoms with Gasteiger partial charge in [-0.15, -0.1) is 0 Å². The van der Waals surface area contributed by atoms with E-state index in [1.807, 2.05) is 31.2 Å². The average molecular weight is 356 g/mol. The van der Waals surface area contributed by atoms with Gasteiger partial charge in [0.15, 0.2) is 11.5 Å². The summed E-state index contributed by atoms with van der Waals surface area (Å²) in [7, 11) is 3.15. The zero-order valence-electron chi connectivity index (χ0n) is 15.3. The van der Waals surface area contributed by atoms with E-state index in [9.17, 15) is 9.59 Å². The van der Waals surface area contributed by atoms with Gasteiger partial charge < -0.3 is 19.7 Å². The molecule has 0 unspecified atom stereocenters. The Hall–Kier alpha value is -3.02. The third-order valence-electron chi connectivity index (χ3n) is 3.99. The Kier molecular flexibility index (Phi) is 7.02. The van der Waals surface area contributed by atoms with Crippen molar-refractivity contribution in [2.75, 3.05) is 27.3 Å². The molecule has 0 aromatic heterocycles. The van der Waals surface area contributed by atoms with Gasteiger partial charge in [-0.2, -0.15) is 0 Å². The van der Waals surface area contributed by atoms with E-state index in [0.717, 1.165) is 5.56 Å². The molecule has 0 radical (unpaired) electrons. The normalized spacial score (nSPS) is 10.1. The van der Waals surface area contributed by atoms with Crippen LogP contribution in [0.1, 0.15) is 22.8 Å². The minimum atomic E-state index is -0.263. The molecule has 138 valence electrons. The summed E-state index contributed by atoms with van der Waals surface area (Å²) in [5, 5.41) is 2.67. The lowest BCUT2D eigenvalue weighted by molar-refractivity contribution is -0.130. The number of nitrogens with zero attached hydrogens (tertiary/aromatic N) is 1. The van der Waals surface area contributed by atoms with Crippen molar-refractivity contribution in [1.82, 2.24) is 10.2 Å². The van der Waals surface area contributed by atoms with Crippen molar-refractivity contribution >= 4 is 11.8 Å². The quantitative estimate of drug-likeness (QED) is 0.789. The van der Waals surface area contributed by atoms with Crippen LogP contribution in [0.5, 0.6) is 11.5 Å². The molecule has 0 atom stereocenters. The molecular weight excluding hydrogens is 332 g/mol. The van der Waals surface area contributed by atoms with Crippen LogP contribution in [-0.2, 0) is 11.3 Å². The number of rotatable bonds is 8. The summed E-state index contributed by atoms with van der Waals surface area (Å²) < 4.78 is 10.5. The van der Waals surface area contributed by atoms with Crippen LogP contribution in [0.3, 0.4) is 0 Å². The first-order chi connectivity index (χ1) is 12.6. The van der Waals surface area contributed by atoms with Crippen molar-refractivity contribution in [2.45, 2.75) is 13.5 Å². The van der Waals surface area contributed by atoms with Crippen LogP contribution in [-0.4, -0.2) is 44.0 Å². The van der Waals surface area contributed by atoms with E-state index >= 15 is 0 Å². The molecule has 2 amide bonds. The fourth-order valence-electron chi connectivity index (χ4n) is 2.53.